The van der Waals surface area contributed by atoms with Crippen molar-refractivity contribution in [3.63, 3.8) is 0 Å². The predicted molar refractivity (Wildman–Crippen MR) is 91.4 cm³/mol. The summed E-state index contributed by atoms with van der Waals surface area (Å²) >= 11 is 5.63. The van der Waals surface area contributed by atoms with E-state index in [-0.39, 0.29) is 13.1 Å². The van der Waals surface area contributed by atoms with Crippen molar-refractivity contribution < 1.29 is 8.42 Å². The lowest BCUT2D eigenvalue weighted by atomic mass is 10.1. The second-order valence-corrected chi connectivity index (χ2v) is 7.86. The molecule has 1 aromatic heterocycles. The zero-order valence-electron chi connectivity index (χ0n) is 13.0. The molecule has 0 fully saturated rings. The van der Waals surface area contributed by atoms with E-state index in [4.69, 9.17) is 11.6 Å². The van der Waals surface area contributed by atoms with Gasteiger partial charge in [-0.25, -0.2) is 18.4 Å². The van der Waals surface area contributed by atoms with Crippen LogP contribution in [0.15, 0.2) is 43.0 Å². The predicted octanol–water partition coefficient (Wildman–Crippen LogP) is 2.96. The van der Waals surface area contributed by atoms with Crippen molar-refractivity contribution in [1.29, 1.82) is 0 Å². The van der Waals surface area contributed by atoms with Gasteiger partial charge >= 0.3 is 0 Å². The third-order valence-corrected chi connectivity index (χ3v) is 5.57. The van der Waals surface area contributed by atoms with Gasteiger partial charge in [-0.2, -0.15) is 4.31 Å². The molecule has 0 amide bonds. The summed E-state index contributed by atoms with van der Waals surface area (Å²) in [4.78, 5) is 7.84. The number of benzene rings is 1. The third-order valence-electron chi connectivity index (χ3n) is 3.42. The highest BCUT2D eigenvalue weighted by atomic mass is 35.5. The molecule has 23 heavy (non-hydrogen) atoms. The van der Waals surface area contributed by atoms with E-state index in [0.29, 0.717) is 0 Å². The first-order valence-electron chi connectivity index (χ1n) is 7.40. The summed E-state index contributed by atoms with van der Waals surface area (Å²) in [6.07, 6.45) is 6.73. The quantitative estimate of drug-likeness (QED) is 0.684. The lowest BCUT2D eigenvalue weighted by Crippen LogP contribution is -2.31. The Morgan fingerprint density at radius 1 is 1.00 bits per heavy atom. The van der Waals surface area contributed by atoms with E-state index in [1.165, 1.54) is 16.2 Å². The zero-order valence-corrected chi connectivity index (χ0v) is 14.6. The van der Waals surface area contributed by atoms with E-state index in [1.807, 2.05) is 24.3 Å². The highest BCUT2D eigenvalue weighted by Gasteiger charge is 2.21. The fourth-order valence-electron chi connectivity index (χ4n) is 2.24. The Morgan fingerprint density at radius 3 is 2.13 bits per heavy atom. The van der Waals surface area contributed by atoms with Gasteiger partial charge in [0.2, 0.25) is 10.0 Å². The van der Waals surface area contributed by atoms with Crippen LogP contribution in [0.4, 0.5) is 0 Å². The van der Waals surface area contributed by atoms with Gasteiger partial charge in [-0.05, 0) is 17.5 Å². The van der Waals surface area contributed by atoms with E-state index in [9.17, 15) is 8.42 Å². The monoisotopic (exact) mass is 353 g/mol. The minimum atomic E-state index is -3.53. The van der Waals surface area contributed by atoms with Crippen LogP contribution in [0.3, 0.4) is 0 Å². The highest BCUT2D eigenvalue weighted by Crippen LogP contribution is 2.16. The first-order chi connectivity index (χ1) is 11.0. The van der Waals surface area contributed by atoms with Crippen molar-refractivity contribution in [1.82, 2.24) is 14.3 Å². The van der Waals surface area contributed by atoms with Crippen LogP contribution in [0.1, 0.15) is 30.0 Å². The van der Waals surface area contributed by atoms with Gasteiger partial charge in [0.25, 0.3) is 0 Å². The first kappa shape index (κ1) is 17.8. The summed E-state index contributed by atoms with van der Waals surface area (Å²) in [5.74, 6) is 0. The standard InChI is InChI=1S/C16H20ClN3O2S/c1-2-3-14-4-6-15(7-5-14)10-20(23(21,22)12-17)11-16-8-18-13-19-9-16/h4-9,13H,2-3,10-12H2,1H3. The van der Waals surface area contributed by atoms with Crippen molar-refractivity contribution in [2.24, 2.45) is 0 Å². The number of rotatable bonds is 8. The maximum Gasteiger partial charge on any atom is 0.228 e. The fraction of sp³-hybridized carbons (Fsp3) is 0.375. The average Bonchev–Trinajstić information content (AvgIpc) is 2.57. The topological polar surface area (TPSA) is 63.2 Å². The van der Waals surface area contributed by atoms with Crippen molar-refractivity contribution in [2.75, 3.05) is 5.21 Å². The van der Waals surface area contributed by atoms with Crippen LogP contribution in [0.5, 0.6) is 0 Å². The van der Waals surface area contributed by atoms with Crippen LogP contribution in [-0.2, 0) is 29.5 Å². The van der Waals surface area contributed by atoms with Gasteiger partial charge in [-0.1, -0.05) is 37.6 Å². The van der Waals surface area contributed by atoms with E-state index in [2.05, 4.69) is 16.9 Å². The van der Waals surface area contributed by atoms with E-state index in [1.54, 1.807) is 12.4 Å². The van der Waals surface area contributed by atoms with Crippen LogP contribution in [0.2, 0.25) is 0 Å². The SMILES string of the molecule is CCCc1ccc(CN(Cc2cncnc2)S(=O)(=O)CCl)cc1. The van der Waals surface area contributed by atoms with E-state index in [0.717, 1.165) is 24.0 Å². The number of hydrogen-bond acceptors (Lipinski definition) is 4. The Bertz CT molecular complexity index is 706. The first-order valence-corrected chi connectivity index (χ1v) is 9.55. The number of aromatic nitrogens is 2. The molecule has 5 nitrogen and oxygen atoms in total. The average molecular weight is 354 g/mol. The fourth-order valence-corrected chi connectivity index (χ4v) is 3.48. The molecule has 0 unspecified atom stereocenters. The van der Waals surface area contributed by atoms with Gasteiger partial charge in [-0.3, -0.25) is 0 Å². The lowest BCUT2D eigenvalue weighted by molar-refractivity contribution is 0.403. The summed E-state index contributed by atoms with van der Waals surface area (Å²) in [5, 5.41) is -0.450. The molecule has 2 rings (SSSR count). The summed E-state index contributed by atoms with van der Waals surface area (Å²) in [6, 6.07) is 8.00. The van der Waals surface area contributed by atoms with Crippen LogP contribution in [-0.4, -0.2) is 27.9 Å². The van der Waals surface area contributed by atoms with Crippen molar-refractivity contribution in [3.8, 4) is 0 Å². The third kappa shape index (κ3) is 5.27. The molecule has 0 saturated carbocycles. The Balaban J connectivity index is 2.17. The molecule has 0 spiro atoms. The normalized spacial score (nSPS) is 11.8. The number of sulfonamides is 1. The van der Waals surface area contributed by atoms with E-state index < -0.39 is 15.2 Å². The van der Waals surface area contributed by atoms with Crippen LogP contribution in [0.25, 0.3) is 0 Å². The molecule has 1 aromatic carbocycles. The van der Waals surface area contributed by atoms with Gasteiger partial charge in [0, 0.05) is 31.0 Å². The molecule has 0 radical (unpaired) electrons. The Morgan fingerprint density at radius 2 is 1.57 bits per heavy atom. The largest absolute Gasteiger partial charge is 0.244 e. The molecule has 0 saturated heterocycles. The Labute approximate surface area is 142 Å². The number of halogens is 1. The number of alkyl halides is 1. The van der Waals surface area contributed by atoms with Crippen LogP contribution >= 0.6 is 11.6 Å². The molecule has 0 atom stereocenters. The van der Waals surface area contributed by atoms with Crippen molar-refractivity contribution in [2.45, 2.75) is 32.9 Å². The molecule has 124 valence electrons. The molecule has 1 heterocycles. The van der Waals surface area contributed by atoms with Gasteiger partial charge in [0.05, 0.1) is 0 Å². The Kier molecular flexibility index (Phi) is 6.50. The zero-order chi connectivity index (χ0) is 16.7. The smallest absolute Gasteiger partial charge is 0.228 e. The molecule has 0 aliphatic heterocycles. The highest BCUT2D eigenvalue weighted by molar-refractivity contribution is 7.90. The minimum absolute atomic E-state index is 0.201. The minimum Gasteiger partial charge on any atom is -0.244 e. The number of nitrogens with zero attached hydrogens (tertiary/aromatic N) is 3. The summed E-state index contributed by atoms with van der Waals surface area (Å²) in [7, 11) is -3.53. The summed E-state index contributed by atoms with van der Waals surface area (Å²) in [6.45, 7) is 2.60. The molecular formula is C16H20ClN3O2S. The number of aryl methyl sites for hydroxylation is 1. The van der Waals surface area contributed by atoms with Gasteiger partial charge in [-0.15, -0.1) is 11.6 Å². The molecule has 0 N–H and O–H groups in total. The molecule has 0 aliphatic carbocycles. The van der Waals surface area contributed by atoms with Crippen LogP contribution in [0, 0.1) is 0 Å². The molecule has 0 bridgehead atoms. The maximum atomic E-state index is 12.2. The second kappa shape index (κ2) is 8.38. The molecular weight excluding hydrogens is 334 g/mol. The van der Waals surface area contributed by atoms with Crippen molar-refractivity contribution >= 4 is 21.6 Å². The molecule has 0 aliphatic rings. The van der Waals surface area contributed by atoms with E-state index >= 15 is 0 Å². The lowest BCUT2D eigenvalue weighted by Gasteiger charge is -2.21. The Hall–Kier alpha value is -1.50. The van der Waals surface area contributed by atoms with Gasteiger partial charge < -0.3 is 0 Å². The number of hydrogen-bond donors (Lipinski definition) is 0. The van der Waals surface area contributed by atoms with Crippen molar-refractivity contribution in [3.05, 3.63) is 59.7 Å². The molecule has 7 heteroatoms. The summed E-state index contributed by atoms with van der Waals surface area (Å²) in [5.41, 5.74) is 2.90. The van der Waals surface area contributed by atoms with Gasteiger partial charge in [0.15, 0.2) is 0 Å². The van der Waals surface area contributed by atoms with Crippen LogP contribution < -0.4 is 0 Å². The maximum absolute atomic E-state index is 12.2. The second-order valence-electron chi connectivity index (χ2n) is 5.30. The molecule has 2 aromatic rings. The summed E-state index contributed by atoms with van der Waals surface area (Å²) < 4.78 is 25.8. The van der Waals surface area contributed by atoms with Gasteiger partial charge in [0.1, 0.15) is 11.5 Å².